The Kier molecular flexibility index (Phi) is 5.07. The summed E-state index contributed by atoms with van der Waals surface area (Å²) in [5, 5.41) is 13.5. The molecule has 2 rings (SSSR count). The highest BCUT2D eigenvalue weighted by atomic mass is 32.2. The van der Waals surface area contributed by atoms with Crippen molar-refractivity contribution in [1.82, 2.24) is 5.32 Å². The second kappa shape index (κ2) is 6.46. The maximum atomic E-state index is 11.4. The Labute approximate surface area is 127 Å². The Morgan fingerprint density at radius 2 is 1.81 bits per heavy atom. The number of aliphatic hydroxyl groups is 1. The lowest BCUT2D eigenvalue weighted by Gasteiger charge is -2.24. The lowest BCUT2D eigenvalue weighted by atomic mass is 9.89. The second-order valence-electron chi connectivity index (χ2n) is 6.51. The predicted octanol–water partition coefficient (Wildman–Crippen LogP) is 2.29. The van der Waals surface area contributed by atoms with Crippen molar-refractivity contribution in [3.63, 3.8) is 0 Å². The SMILES string of the molecule is CC1(CNCC(O)c2ccc(S(C)(=O)=O)cc2)CCCC1. The number of rotatable bonds is 6. The van der Waals surface area contributed by atoms with Crippen LogP contribution in [-0.4, -0.2) is 32.9 Å². The maximum absolute atomic E-state index is 11.4. The summed E-state index contributed by atoms with van der Waals surface area (Å²) in [5.74, 6) is 0. The molecule has 1 aromatic rings. The monoisotopic (exact) mass is 311 g/mol. The van der Waals surface area contributed by atoms with Gasteiger partial charge in [0.15, 0.2) is 9.84 Å². The van der Waals surface area contributed by atoms with Gasteiger partial charge < -0.3 is 10.4 Å². The molecule has 2 N–H and O–H groups in total. The molecule has 1 aliphatic rings. The molecule has 118 valence electrons. The molecule has 1 atom stereocenters. The molecule has 0 spiro atoms. The topological polar surface area (TPSA) is 66.4 Å². The van der Waals surface area contributed by atoms with Crippen LogP contribution in [0, 0.1) is 5.41 Å². The van der Waals surface area contributed by atoms with Crippen LogP contribution < -0.4 is 5.32 Å². The van der Waals surface area contributed by atoms with Crippen LogP contribution in [0.3, 0.4) is 0 Å². The summed E-state index contributed by atoms with van der Waals surface area (Å²) in [5.41, 5.74) is 1.10. The first-order valence-electron chi connectivity index (χ1n) is 7.49. The number of hydrogen-bond acceptors (Lipinski definition) is 4. The molecule has 5 heteroatoms. The van der Waals surface area contributed by atoms with Crippen molar-refractivity contribution in [3.05, 3.63) is 29.8 Å². The van der Waals surface area contributed by atoms with Gasteiger partial charge in [-0.05, 0) is 36.0 Å². The van der Waals surface area contributed by atoms with E-state index in [2.05, 4.69) is 12.2 Å². The second-order valence-corrected chi connectivity index (χ2v) is 8.52. The van der Waals surface area contributed by atoms with Crippen LogP contribution in [0.15, 0.2) is 29.2 Å². The number of benzene rings is 1. The van der Waals surface area contributed by atoms with Gasteiger partial charge in [0.1, 0.15) is 0 Å². The lowest BCUT2D eigenvalue weighted by molar-refractivity contribution is 0.167. The van der Waals surface area contributed by atoms with E-state index in [-0.39, 0.29) is 4.90 Å². The summed E-state index contributed by atoms with van der Waals surface area (Å²) in [7, 11) is -3.18. The molecule has 0 bridgehead atoms. The van der Waals surface area contributed by atoms with Crippen LogP contribution in [0.1, 0.15) is 44.3 Å². The summed E-state index contributed by atoms with van der Waals surface area (Å²) in [6.45, 7) is 3.71. The van der Waals surface area contributed by atoms with Crippen molar-refractivity contribution in [3.8, 4) is 0 Å². The first kappa shape index (κ1) is 16.5. The Morgan fingerprint density at radius 1 is 1.24 bits per heavy atom. The summed E-state index contributed by atoms with van der Waals surface area (Å²) < 4.78 is 22.8. The Balaban J connectivity index is 1.87. The quantitative estimate of drug-likeness (QED) is 0.846. The molecular formula is C16H25NO3S. The minimum absolute atomic E-state index is 0.282. The Bertz CT molecular complexity index is 560. The first-order chi connectivity index (χ1) is 9.80. The zero-order valence-corrected chi connectivity index (χ0v) is 13.6. The van der Waals surface area contributed by atoms with E-state index in [4.69, 9.17) is 0 Å². The van der Waals surface area contributed by atoms with Crippen molar-refractivity contribution in [2.45, 2.75) is 43.6 Å². The molecule has 0 aliphatic heterocycles. The van der Waals surface area contributed by atoms with Gasteiger partial charge in [-0.3, -0.25) is 0 Å². The zero-order valence-electron chi connectivity index (χ0n) is 12.8. The van der Waals surface area contributed by atoms with Crippen molar-refractivity contribution in [2.24, 2.45) is 5.41 Å². The molecule has 0 saturated heterocycles. The number of sulfone groups is 1. The van der Waals surface area contributed by atoms with E-state index in [1.54, 1.807) is 24.3 Å². The third-order valence-electron chi connectivity index (χ3n) is 4.39. The van der Waals surface area contributed by atoms with Gasteiger partial charge in [-0.15, -0.1) is 0 Å². The van der Waals surface area contributed by atoms with Gasteiger partial charge >= 0.3 is 0 Å². The number of hydrogen-bond donors (Lipinski definition) is 2. The number of nitrogens with one attached hydrogen (secondary N) is 1. The van der Waals surface area contributed by atoms with E-state index in [1.165, 1.54) is 31.9 Å². The fourth-order valence-corrected chi connectivity index (χ4v) is 3.60. The van der Waals surface area contributed by atoms with Crippen LogP contribution >= 0.6 is 0 Å². The third-order valence-corrected chi connectivity index (χ3v) is 5.52. The van der Waals surface area contributed by atoms with Crippen molar-refractivity contribution >= 4 is 9.84 Å². The average molecular weight is 311 g/mol. The third kappa shape index (κ3) is 4.53. The van der Waals surface area contributed by atoms with E-state index in [9.17, 15) is 13.5 Å². The highest BCUT2D eigenvalue weighted by Crippen LogP contribution is 2.36. The van der Waals surface area contributed by atoms with Gasteiger partial charge in [-0.2, -0.15) is 0 Å². The van der Waals surface area contributed by atoms with Crippen molar-refractivity contribution in [2.75, 3.05) is 19.3 Å². The fraction of sp³-hybridized carbons (Fsp3) is 0.625. The van der Waals surface area contributed by atoms with Gasteiger partial charge in [0.25, 0.3) is 0 Å². The molecule has 1 unspecified atom stereocenters. The van der Waals surface area contributed by atoms with Gasteiger partial charge in [0, 0.05) is 19.3 Å². The van der Waals surface area contributed by atoms with Crippen LogP contribution in [0.25, 0.3) is 0 Å². The van der Waals surface area contributed by atoms with Crippen LogP contribution in [-0.2, 0) is 9.84 Å². The van der Waals surface area contributed by atoms with Gasteiger partial charge in [-0.1, -0.05) is 31.9 Å². The average Bonchev–Trinajstić information content (AvgIpc) is 2.85. The molecule has 4 nitrogen and oxygen atoms in total. The fourth-order valence-electron chi connectivity index (χ4n) is 2.97. The van der Waals surface area contributed by atoms with Gasteiger partial charge in [-0.25, -0.2) is 8.42 Å². The Morgan fingerprint density at radius 3 is 2.33 bits per heavy atom. The Hall–Kier alpha value is -0.910. The predicted molar refractivity (Wildman–Crippen MR) is 84.0 cm³/mol. The molecule has 1 aliphatic carbocycles. The van der Waals surface area contributed by atoms with Crippen LogP contribution in [0.5, 0.6) is 0 Å². The minimum Gasteiger partial charge on any atom is -0.387 e. The molecule has 1 saturated carbocycles. The van der Waals surface area contributed by atoms with E-state index in [0.29, 0.717) is 12.0 Å². The smallest absolute Gasteiger partial charge is 0.175 e. The number of aliphatic hydroxyl groups excluding tert-OH is 1. The van der Waals surface area contributed by atoms with E-state index in [0.717, 1.165) is 12.1 Å². The zero-order chi connectivity index (χ0) is 15.5. The molecule has 21 heavy (non-hydrogen) atoms. The van der Waals surface area contributed by atoms with Crippen LogP contribution in [0.2, 0.25) is 0 Å². The van der Waals surface area contributed by atoms with Crippen molar-refractivity contribution < 1.29 is 13.5 Å². The highest BCUT2D eigenvalue weighted by Gasteiger charge is 2.28. The van der Waals surface area contributed by atoms with Gasteiger partial charge in [0.2, 0.25) is 0 Å². The molecule has 0 aromatic heterocycles. The minimum atomic E-state index is -3.18. The van der Waals surface area contributed by atoms with Crippen LogP contribution in [0.4, 0.5) is 0 Å². The molecule has 1 fully saturated rings. The summed E-state index contributed by atoms with van der Waals surface area (Å²) >= 11 is 0. The van der Waals surface area contributed by atoms with E-state index in [1.807, 2.05) is 0 Å². The van der Waals surface area contributed by atoms with Crippen molar-refractivity contribution in [1.29, 1.82) is 0 Å². The molecule has 0 radical (unpaired) electrons. The van der Waals surface area contributed by atoms with E-state index < -0.39 is 15.9 Å². The summed E-state index contributed by atoms with van der Waals surface area (Å²) in [6.07, 6.45) is 5.67. The van der Waals surface area contributed by atoms with E-state index >= 15 is 0 Å². The lowest BCUT2D eigenvalue weighted by Crippen LogP contribution is -2.32. The molecular weight excluding hydrogens is 286 g/mol. The molecule has 0 amide bonds. The maximum Gasteiger partial charge on any atom is 0.175 e. The molecule has 0 heterocycles. The largest absolute Gasteiger partial charge is 0.387 e. The highest BCUT2D eigenvalue weighted by molar-refractivity contribution is 7.90. The summed E-state index contributed by atoms with van der Waals surface area (Å²) in [6, 6.07) is 6.46. The normalized spacial score (nSPS) is 19.6. The summed E-state index contributed by atoms with van der Waals surface area (Å²) in [4.78, 5) is 0.282. The molecule has 1 aromatic carbocycles. The standard InChI is InChI=1S/C16H25NO3S/c1-16(9-3-4-10-16)12-17-11-15(18)13-5-7-14(8-6-13)21(2,19)20/h5-8,15,17-18H,3-4,9-12H2,1-2H3. The first-order valence-corrected chi connectivity index (χ1v) is 9.38. The van der Waals surface area contributed by atoms with Gasteiger partial charge in [0.05, 0.1) is 11.0 Å².